The molecule has 0 heterocycles. The van der Waals surface area contributed by atoms with Gasteiger partial charge in [0.25, 0.3) is 0 Å². The second-order valence-corrected chi connectivity index (χ2v) is 5.40. The van der Waals surface area contributed by atoms with Crippen LogP contribution in [0.4, 0.5) is 5.69 Å². The molecule has 114 valence electrons. The SMILES string of the molecule is CCCN(CC)CCCCN(C)c1c(CC)c(=O)c1=O. The van der Waals surface area contributed by atoms with E-state index in [-0.39, 0.29) is 10.9 Å². The van der Waals surface area contributed by atoms with E-state index in [1.54, 1.807) is 0 Å². The highest BCUT2D eigenvalue weighted by molar-refractivity contribution is 5.58. The number of hydrogen-bond donors (Lipinski definition) is 0. The number of hydrogen-bond acceptors (Lipinski definition) is 4. The Bertz CT molecular complexity index is 475. The van der Waals surface area contributed by atoms with Crippen LogP contribution < -0.4 is 15.8 Å². The van der Waals surface area contributed by atoms with Crippen molar-refractivity contribution in [2.75, 3.05) is 38.1 Å². The minimum absolute atomic E-state index is 0.283. The monoisotopic (exact) mass is 280 g/mol. The molecule has 1 rings (SSSR count). The molecule has 0 saturated carbocycles. The van der Waals surface area contributed by atoms with E-state index in [0.29, 0.717) is 17.7 Å². The van der Waals surface area contributed by atoms with Gasteiger partial charge < -0.3 is 9.80 Å². The predicted octanol–water partition coefficient (Wildman–Crippen LogP) is 1.79. The van der Waals surface area contributed by atoms with Crippen LogP contribution in [-0.2, 0) is 6.42 Å². The zero-order chi connectivity index (χ0) is 15.1. The Balaban J connectivity index is 2.37. The summed E-state index contributed by atoms with van der Waals surface area (Å²) >= 11 is 0. The van der Waals surface area contributed by atoms with Crippen LogP contribution in [0.1, 0.15) is 45.6 Å². The summed E-state index contributed by atoms with van der Waals surface area (Å²) < 4.78 is 0. The van der Waals surface area contributed by atoms with Gasteiger partial charge in [-0.05, 0) is 45.3 Å². The summed E-state index contributed by atoms with van der Waals surface area (Å²) in [5.74, 6) is 0. The molecule has 4 heteroatoms. The maximum Gasteiger partial charge on any atom is 0.249 e. The third kappa shape index (κ3) is 3.92. The van der Waals surface area contributed by atoms with E-state index < -0.39 is 0 Å². The van der Waals surface area contributed by atoms with Crippen molar-refractivity contribution in [1.29, 1.82) is 0 Å². The first-order valence-electron chi connectivity index (χ1n) is 7.82. The van der Waals surface area contributed by atoms with Gasteiger partial charge in [0.15, 0.2) is 0 Å². The lowest BCUT2D eigenvalue weighted by Gasteiger charge is -2.24. The lowest BCUT2D eigenvalue weighted by Crippen LogP contribution is -2.42. The van der Waals surface area contributed by atoms with Crippen molar-refractivity contribution >= 4 is 5.69 Å². The summed E-state index contributed by atoms with van der Waals surface area (Å²) in [6.07, 6.45) is 4.04. The summed E-state index contributed by atoms with van der Waals surface area (Å²) in [6.45, 7) is 10.5. The summed E-state index contributed by atoms with van der Waals surface area (Å²) in [5.41, 5.74) is 0.775. The highest BCUT2D eigenvalue weighted by atomic mass is 16.2. The van der Waals surface area contributed by atoms with Gasteiger partial charge >= 0.3 is 0 Å². The zero-order valence-corrected chi connectivity index (χ0v) is 13.4. The predicted molar refractivity (Wildman–Crippen MR) is 85.6 cm³/mol. The van der Waals surface area contributed by atoms with Crippen molar-refractivity contribution in [3.63, 3.8) is 0 Å². The third-order valence-corrected chi connectivity index (χ3v) is 3.92. The molecule has 0 aromatic heterocycles. The molecule has 1 aromatic carbocycles. The quantitative estimate of drug-likeness (QED) is 0.484. The normalized spacial score (nSPS) is 11.4. The zero-order valence-electron chi connectivity index (χ0n) is 13.4. The van der Waals surface area contributed by atoms with Crippen LogP contribution in [0.15, 0.2) is 9.59 Å². The average Bonchev–Trinajstić information content (AvgIpc) is 2.46. The first-order chi connectivity index (χ1) is 9.56. The smallest absolute Gasteiger partial charge is 0.249 e. The fourth-order valence-corrected chi connectivity index (χ4v) is 2.70. The summed E-state index contributed by atoms with van der Waals surface area (Å²) in [5, 5.41) is 0. The van der Waals surface area contributed by atoms with E-state index in [2.05, 4.69) is 18.7 Å². The highest BCUT2D eigenvalue weighted by Crippen LogP contribution is 2.14. The highest BCUT2D eigenvalue weighted by Gasteiger charge is 2.21. The standard InChI is InChI=1S/C16H28N2O2/c1-5-10-18(7-3)12-9-8-11-17(4)14-13(6-2)15(19)16(14)20/h5-12H2,1-4H3. The van der Waals surface area contributed by atoms with Gasteiger partial charge in [-0.25, -0.2) is 0 Å². The van der Waals surface area contributed by atoms with Crippen LogP contribution in [0.3, 0.4) is 0 Å². The van der Waals surface area contributed by atoms with Crippen molar-refractivity contribution < 1.29 is 0 Å². The molecule has 0 radical (unpaired) electrons. The van der Waals surface area contributed by atoms with E-state index in [9.17, 15) is 9.59 Å². The van der Waals surface area contributed by atoms with Crippen molar-refractivity contribution in [1.82, 2.24) is 4.90 Å². The Kier molecular flexibility index (Phi) is 6.93. The number of anilines is 1. The molecule has 0 aliphatic carbocycles. The van der Waals surface area contributed by atoms with E-state index >= 15 is 0 Å². The molecular weight excluding hydrogens is 252 g/mol. The van der Waals surface area contributed by atoms with E-state index in [4.69, 9.17) is 0 Å². The fraction of sp³-hybridized carbons (Fsp3) is 0.750. The third-order valence-electron chi connectivity index (χ3n) is 3.92. The van der Waals surface area contributed by atoms with Crippen molar-refractivity contribution in [2.45, 2.75) is 46.5 Å². The molecule has 1 aromatic rings. The van der Waals surface area contributed by atoms with Gasteiger partial charge in [0.05, 0.1) is 5.69 Å². The second kappa shape index (κ2) is 8.20. The average molecular weight is 280 g/mol. The molecule has 0 N–H and O–H groups in total. The second-order valence-electron chi connectivity index (χ2n) is 5.40. The molecule has 0 saturated heterocycles. The van der Waals surface area contributed by atoms with Crippen molar-refractivity contribution in [3.8, 4) is 0 Å². The Hall–Kier alpha value is -1.16. The summed E-state index contributed by atoms with van der Waals surface area (Å²) in [7, 11) is 1.92. The topological polar surface area (TPSA) is 40.6 Å². The Morgan fingerprint density at radius 1 is 0.900 bits per heavy atom. The van der Waals surface area contributed by atoms with Crippen LogP contribution in [0, 0.1) is 0 Å². The van der Waals surface area contributed by atoms with Crippen LogP contribution in [0.25, 0.3) is 0 Å². The summed E-state index contributed by atoms with van der Waals surface area (Å²) in [4.78, 5) is 27.4. The molecule has 20 heavy (non-hydrogen) atoms. The van der Waals surface area contributed by atoms with Gasteiger partial charge in [-0.15, -0.1) is 0 Å². The Morgan fingerprint density at radius 2 is 1.55 bits per heavy atom. The molecule has 0 atom stereocenters. The van der Waals surface area contributed by atoms with Gasteiger partial charge in [-0.2, -0.15) is 0 Å². The first kappa shape index (κ1) is 16.9. The molecule has 0 spiro atoms. The van der Waals surface area contributed by atoms with Gasteiger partial charge in [0.2, 0.25) is 10.9 Å². The Morgan fingerprint density at radius 3 is 2.10 bits per heavy atom. The minimum Gasteiger partial charge on any atom is -0.371 e. The fourth-order valence-electron chi connectivity index (χ4n) is 2.70. The lowest BCUT2D eigenvalue weighted by molar-refractivity contribution is 0.283. The van der Waals surface area contributed by atoms with Crippen LogP contribution in [0.5, 0.6) is 0 Å². The van der Waals surface area contributed by atoms with Gasteiger partial charge in [0.1, 0.15) is 0 Å². The van der Waals surface area contributed by atoms with Crippen LogP contribution in [-0.4, -0.2) is 38.1 Å². The maximum atomic E-state index is 11.6. The maximum absolute atomic E-state index is 11.6. The molecular formula is C16H28N2O2. The van der Waals surface area contributed by atoms with E-state index in [1.165, 1.54) is 6.42 Å². The van der Waals surface area contributed by atoms with Crippen molar-refractivity contribution in [3.05, 3.63) is 26.0 Å². The summed E-state index contributed by atoms with van der Waals surface area (Å²) in [6, 6.07) is 0. The van der Waals surface area contributed by atoms with Crippen LogP contribution >= 0.6 is 0 Å². The molecule has 0 bridgehead atoms. The molecule has 0 aliphatic heterocycles. The lowest BCUT2D eigenvalue weighted by atomic mass is 10.0. The number of nitrogens with zero attached hydrogens (tertiary/aromatic N) is 2. The number of rotatable bonds is 10. The molecule has 0 amide bonds. The first-order valence-corrected chi connectivity index (χ1v) is 7.82. The van der Waals surface area contributed by atoms with Gasteiger partial charge in [0, 0.05) is 19.2 Å². The largest absolute Gasteiger partial charge is 0.371 e. The van der Waals surface area contributed by atoms with Crippen LogP contribution in [0.2, 0.25) is 0 Å². The molecule has 4 nitrogen and oxygen atoms in total. The Labute approximate surface area is 122 Å². The van der Waals surface area contributed by atoms with Gasteiger partial charge in [-0.1, -0.05) is 20.8 Å². The minimum atomic E-state index is -0.300. The van der Waals surface area contributed by atoms with E-state index in [0.717, 1.165) is 39.0 Å². The van der Waals surface area contributed by atoms with Crippen molar-refractivity contribution in [2.24, 2.45) is 0 Å². The molecule has 0 aliphatic rings. The van der Waals surface area contributed by atoms with E-state index in [1.807, 2.05) is 18.9 Å². The van der Waals surface area contributed by atoms with Gasteiger partial charge in [-0.3, -0.25) is 9.59 Å². The molecule has 0 unspecified atom stereocenters. The molecule has 0 fully saturated rings. The number of unbranched alkanes of at least 4 members (excludes halogenated alkanes) is 1.